The minimum atomic E-state index is -0.513. The number of nitrogen functional groups attached to an aromatic ring is 1. The van der Waals surface area contributed by atoms with Gasteiger partial charge in [0, 0.05) is 13.1 Å². The fraction of sp³-hybridized carbons (Fsp3) is 0.455. The molecule has 9 nitrogen and oxygen atoms in total. The normalized spacial score (nSPS) is 13.5. The van der Waals surface area contributed by atoms with E-state index in [1.54, 1.807) is 4.90 Å². The Kier molecular flexibility index (Phi) is 5.20. The second-order valence-corrected chi connectivity index (χ2v) is 8.68. The highest BCUT2D eigenvalue weighted by Gasteiger charge is 2.28. The molecule has 0 bridgehead atoms. The molecule has 0 fully saturated rings. The van der Waals surface area contributed by atoms with Crippen LogP contribution in [0, 0.1) is 6.92 Å². The van der Waals surface area contributed by atoms with Gasteiger partial charge in [-0.3, -0.25) is 4.90 Å². The number of ether oxygens (including phenoxy) is 2. The maximum Gasteiger partial charge on any atom is 0.410 e. The van der Waals surface area contributed by atoms with E-state index in [9.17, 15) is 4.79 Å². The zero-order chi connectivity index (χ0) is 22.3. The Bertz CT molecular complexity index is 1150. The second-order valence-electron chi connectivity index (χ2n) is 8.68. The number of aryl methyl sites for hydroxylation is 1. The summed E-state index contributed by atoms with van der Waals surface area (Å²) in [4.78, 5) is 27.4. The summed E-state index contributed by atoms with van der Waals surface area (Å²) in [6, 6.07) is 6.50. The molecule has 3 heterocycles. The first-order chi connectivity index (χ1) is 14.6. The molecule has 2 aromatic heterocycles. The fourth-order valence-corrected chi connectivity index (χ4v) is 3.68. The average Bonchev–Trinajstić information content (AvgIpc) is 3.23. The standard InChI is InChI=1S/C22H28N6O3/c1-6-30-20-25-18(23)17-19(26-20)28(13(2)24-17)10-14-7-8-15-11-27(12-16(15)9-14)21(29)31-22(3,4)5/h7-9H,6,10-12H2,1-5H3,(H2,23,25,26). The highest BCUT2D eigenvalue weighted by molar-refractivity contribution is 5.82. The third-order valence-electron chi connectivity index (χ3n) is 5.05. The molecule has 1 aliphatic rings. The van der Waals surface area contributed by atoms with Crippen LogP contribution in [-0.2, 0) is 24.4 Å². The summed E-state index contributed by atoms with van der Waals surface area (Å²) in [5.41, 5.74) is 10.1. The van der Waals surface area contributed by atoms with Crippen molar-refractivity contribution in [3.05, 3.63) is 40.7 Å². The quantitative estimate of drug-likeness (QED) is 0.683. The van der Waals surface area contributed by atoms with Crippen LogP contribution in [0.25, 0.3) is 11.2 Å². The van der Waals surface area contributed by atoms with Crippen LogP contribution in [0.5, 0.6) is 6.01 Å². The smallest absolute Gasteiger partial charge is 0.410 e. The van der Waals surface area contributed by atoms with Crippen molar-refractivity contribution in [2.24, 2.45) is 0 Å². The number of imidazole rings is 1. The molecular formula is C22H28N6O3. The van der Waals surface area contributed by atoms with Gasteiger partial charge in [-0.1, -0.05) is 18.2 Å². The third kappa shape index (κ3) is 4.26. The largest absolute Gasteiger partial charge is 0.464 e. The highest BCUT2D eigenvalue weighted by Crippen LogP contribution is 2.27. The lowest BCUT2D eigenvalue weighted by Gasteiger charge is -2.24. The van der Waals surface area contributed by atoms with Gasteiger partial charge < -0.3 is 19.8 Å². The summed E-state index contributed by atoms with van der Waals surface area (Å²) in [5, 5.41) is 0. The number of amides is 1. The van der Waals surface area contributed by atoms with Crippen molar-refractivity contribution in [2.75, 3.05) is 12.3 Å². The van der Waals surface area contributed by atoms with Crippen molar-refractivity contribution >= 4 is 23.1 Å². The van der Waals surface area contributed by atoms with Gasteiger partial charge in [-0.15, -0.1) is 0 Å². The number of rotatable bonds is 4. The number of benzene rings is 1. The molecule has 4 rings (SSSR count). The predicted molar refractivity (Wildman–Crippen MR) is 117 cm³/mol. The maximum atomic E-state index is 12.4. The van der Waals surface area contributed by atoms with Crippen molar-refractivity contribution in [1.29, 1.82) is 0 Å². The molecule has 3 aromatic rings. The second kappa shape index (κ2) is 7.72. The lowest BCUT2D eigenvalue weighted by atomic mass is 10.1. The summed E-state index contributed by atoms with van der Waals surface area (Å²) in [7, 11) is 0. The first-order valence-electron chi connectivity index (χ1n) is 10.4. The zero-order valence-corrected chi connectivity index (χ0v) is 18.6. The number of fused-ring (bicyclic) bond motifs is 2. The molecular weight excluding hydrogens is 396 g/mol. The molecule has 9 heteroatoms. The number of carbonyl (C=O) groups excluding carboxylic acids is 1. The van der Waals surface area contributed by atoms with Gasteiger partial charge in [0.15, 0.2) is 17.0 Å². The maximum absolute atomic E-state index is 12.4. The summed E-state index contributed by atoms with van der Waals surface area (Å²) < 4.78 is 13.0. The van der Waals surface area contributed by atoms with Crippen LogP contribution in [0.1, 0.15) is 50.2 Å². The van der Waals surface area contributed by atoms with Crippen LogP contribution in [0.2, 0.25) is 0 Å². The van der Waals surface area contributed by atoms with Gasteiger partial charge in [0.25, 0.3) is 0 Å². The van der Waals surface area contributed by atoms with Crippen LogP contribution >= 0.6 is 0 Å². The van der Waals surface area contributed by atoms with Gasteiger partial charge in [0.2, 0.25) is 0 Å². The van der Waals surface area contributed by atoms with E-state index >= 15 is 0 Å². The number of nitrogens with zero attached hydrogens (tertiary/aromatic N) is 5. The first kappa shape index (κ1) is 20.9. The SMILES string of the molecule is CCOc1nc(N)c2nc(C)n(Cc3ccc4c(c3)CN(C(=O)OC(C)(C)C)C4)c2n1. The van der Waals surface area contributed by atoms with Crippen molar-refractivity contribution in [1.82, 2.24) is 24.4 Å². The van der Waals surface area contributed by atoms with Gasteiger partial charge >= 0.3 is 12.1 Å². The Morgan fingerprint density at radius 2 is 1.90 bits per heavy atom. The van der Waals surface area contributed by atoms with E-state index in [2.05, 4.69) is 33.2 Å². The zero-order valence-electron chi connectivity index (χ0n) is 18.6. The monoisotopic (exact) mass is 424 g/mol. The third-order valence-corrected chi connectivity index (χ3v) is 5.05. The lowest BCUT2D eigenvalue weighted by Crippen LogP contribution is -2.33. The molecule has 0 radical (unpaired) electrons. The number of carbonyl (C=O) groups is 1. The first-order valence-corrected chi connectivity index (χ1v) is 10.4. The van der Waals surface area contributed by atoms with Crippen molar-refractivity contribution in [3.63, 3.8) is 0 Å². The molecule has 0 unspecified atom stereocenters. The van der Waals surface area contributed by atoms with E-state index in [-0.39, 0.29) is 12.1 Å². The fourth-order valence-electron chi connectivity index (χ4n) is 3.68. The Labute approximate surface area is 181 Å². The molecule has 0 atom stereocenters. The molecule has 1 aliphatic heterocycles. The van der Waals surface area contributed by atoms with Gasteiger partial charge in [0.05, 0.1) is 13.2 Å². The Morgan fingerprint density at radius 1 is 1.16 bits per heavy atom. The van der Waals surface area contributed by atoms with E-state index in [4.69, 9.17) is 15.2 Å². The molecule has 2 N–H and O–H groups in total. The van der Waals surface area contributed by atoms with Gasteiger partial charge in [-0.2, -0.15) is 9.97 Å². The number of anilines is 1. The van der Waals surface area contributed by atoms with Crippen molar-refractivity contribution in [3.8, 4) is 6.01 Å². The van der Waals surface area contributed by atoms with E-state index in [0.29, 0.717) is 43.2 Å². The van der Waals surface area contributed by atoms with Crippen molar-refractivity contribution < 1.29 is 14.3 Å². The molecule has 0 spiro atoms. The number of hydrogen-bond acceptors (Lipinski definition) is 7. The molecule has 1 amide bonds. The molecule has 164 valence electrons. The predicted octanol–water partition coefficient (Wildman–Crippen LogP) is 3.41. The van der Waals surface area contributed by atoms with E-state index < -0.39 is 5.60 Å². The van der Waals surface area contributed by atoms with Crippen LogP contribution < -0.4 is 10.5 Å². The molecule has 31 heavy (non-hydrogen) atoms. The Hall–Kier alpha value is -3.36. The minimum absolute atomic E-state index is 0.246. The highest BCUT2D eigenvalue weighted by atomic mass is 16.6. The number of hydrogen-bond donors (Lipinski definition) is 1. The van der Waals surface area contributed by atoms with Crippen molar-refractivity contribution in [2.45, 2.75) is 59.9 Å². The number of aromatic nitrogens is 4. The van der Waals surface area contributed by atoms with Gasteiger partial charge in [-0.25, -0.2) is 9.78 Å². The lowest BCUT2D eigenvalue weighted by molar-refractivity contribution is 0.0242. The molecule has 0 saturated heterocycles. The van der Waals surface area contributed by atoms with E-state index in [1.165, 1.54) is 0 Å². The Morgan fingerprint density at radius 3 is 2.61 bits per heavy atom. The summed E-state index contributed by atoms with van der Waals surface area (Å²) in [5.74, 6) is 1.10. The van der Waals surface area contributed by atoms with Crippen LogP contribution in [0.15, 0.2) is 18.2 Å². The van der Waals surface area contributed by atoms with E-state index in [0.717, 1.165) is 22.5 Å². The van der Waals surface area contributed by atoms with Gasteiger partial charge in [-0.05, 0) is 51.3 Å². The summed E-state index contributed by atoms with van der Waals surface area (Å²) >= 11 is 0. The topological polar surface area (TPSA) is 108 Å². The van der Waals surface area contributed by atoms with Crippen LogP contribution in [0.4, 0.5) is 10.6 Å². The minimum Gasteiger partial charge on any atom is -0.464 e. The average molecular weight is 425 g/mol. The molecule has 0 aliphatic carbocycles. The molecule has 0 saturated carbocycles. The summed E-state index contributed by atoms with van der Waals surface area (Å²) in [6.07, 6.45) is -0.294. The van der Waals surface area contributed by atoms with E-state index in [1.807, 2.05) is 39.2 Å². The summed E-state index contributed by atoms with van der Waals surface area (Å²) in [6.45, 7) is 11.5. The number of nitrogens with two attached hydrogens (primary N) is 1. The van der Waals surface area contributed by atoms with Gasteiger partial charge in [0.1, 0.15) is 11.4 Å². The van der Waals surface area contributed by atoms with Crippen LogP contribution in [-0.4, -0.2) is 42.7 Å². The Balaban J connectivity index is 1.59. The molecule has 1 aromatic carbocycles. The van der Waals surface area contributed by atoms with Crippen LogP contribution in [0.3, 0.4) is 0 Å².